The minimum atomic E-state index is -0.575. The SMILES string of the molecule is O=C(c1ccc(Cl)cc1[N+](=O)[O-])N1CC=C(c2ccccc2)CC1. The van der Waals surface area contributed by atoms with Gasteiger partial charge in [-0.05, 0) is 29.7 Å². The van der Waals surface area contributed by atoms with Gasteiger partial charge in [-0.2, -0.15) is 0 Å². The Morgan fingerprint density at radius 3 is 2.54 bits per heavy atom. The van der Waals surface area contributed by atoms with Gasteiger partial charge in [0, 0.05) is 24.2 Å². The van der Waals surface area contributed by atoms with Gasteiger partial charge in [-0.25, -0.2) is 0 Å². The van der Waals surface area contributed by atoms with Crippen LogP contribution in [0.2, 0.25) is 5.02 Å². The summed E-state index contributed by atoms with van der Waals surface area (Å²) in [5.41, 5.74) is 2.14. The average Bonchev–Trinajstić information content (AvgIpc) is 2.62. The van der Waals surface area contributed by atoms with Gasteiger partial charge in [0.05, 0.1) is 4.92 Å². The molecule has 6 heteroatoms. The van der Waals surface area contributed by atoms with Crippen LogP contribution in [0.15, 0.2) is 54.6 Å². The molecular formula is C18H15ClN2O3. The number of nitrogens with zero attached hydrogens (tertiary/aromatic N) is 2. The van der Waals surface area contributed by atoms with Gasteiger partial charge in [-0.1, -0.05) is 48.0 Å². The molecule has 1 heterocycles. The van der Waals surface area contributed by atoms with Gasteiger partial charge in [0.15, 0.2) is 0 Å². The average molecular weight is 343 g/mol. The molecule has 24 heavy (non-hydrogen) atoms. The Labute approximate surface area is 144 Å². The van der Waals surface area contributed by atoms with Crippen molar-refractivity contribution in [3.05, 3.63) is 80.9 Å². The highest BCUT2D eigenvalue weighted by Gasteiger charge is 2.26. The quantitative estimate of drug-likeness (QED) is 0.621. The second-order valence-corrected chi connectivity index (χ2v) is 5.95. The normalized spacial score (nSPS) is 14.2. The predicted octanol–water partition coefficient (Wildman–Crippen LogP) is 4.18. The molecule has 2 aromatic rings. The highest BCUT2D eigenvalue weighted by atomic mass is 35.5. The first-order valence-corrected chi connectivity index (χ1v) is 7.92. The number of carbonyl (C=O) groups is 1. The molecule has 1 aliphatic rings. The van der Waals surface area contributed by atoms with Crippen LogP contribution in [-0.4, -0.2) is 28.8 Å². The fourth-order valence-electron chi connectivity index (χ4n) is 2.78. The van der Waals surface area contributed by atoms with Gasteiger partial charge in [-0.3, -0.25) is 14.9 Å². The lowest BCUT2D eigenvalue weighted by Gasteiger charge is -2.26. The Morgan fingerprint density at radius 2 is 1.92 bits per heavy atom. The van der Waals surface area contributed by atoms with Gasteiger partial charge in [0.1, 0.15) is 5.56 Å². The molecule has 0 N–H and O–H groups in total. The zero-order valence-electron chi connectivity index (χ0n) is 12.8. The summed E-state index contributed by atoms with van der Waals surface area (Å²) in [6.07, 6.45) is 2.72. The molecule has 1 amide bonds. The summed E-state index contributed by atoms with van der Waals surface area (Å²) in [5.74, 6) is -0.346. The van der Waals surface area contributed by atoms with Gasteiger partial charge >= 0.3 is 0 Å². The number of halogens is 1. The van der Waals surface area contributed by atoms with E-state index in [1.807, 2.05) is 36.4 Å². The van der Waals surface area contributed by atoms with Crippen molar-refractivity contribution in [1.82, 2.24) is 4.90 Å². The molecule has 0 saturated carbocycles. The lowest BCUT2D eigenvalue weighted by Crippen LogP contribution is -2.35. The Hall–Kier alpha value is -2.66. The number of amides is 1. The van der Waals surface area contributed by atoms with Crippen LogP contribution in [0.1, 0.15) is 22.3 Å². The monoisotopic (exact) mass is 342 g/mol. The standard InChI is InChI=1S/C18H15ClN2O3/c19-15-6-7-16(17(12-15)21(23)24)18(22)20-10-8-14(9-11-20)13-4-2-1-3-5-13/h1-8,12H,9-11H2. The Balaban J connectivity index is 1.81. The van der Waals surface area contributed by atoms with Crippen LogP contribution in [0, 0.1) is 10.1 Å². The molecule has 0 saturated heterocycles. The zero-order chi connectivity index (χ0) is 17.1. The maximum absolute atomic E-state index is 12.6. The van der Waals surface area contributed by atoms with Crippen LogP contribution in [-0.2, 0) is 0 Å². The third-order valence-electron chi connectivity index (χ3n) is 4.03. The van der Waals surface area contributed by atoms with Crippen molar-refractivity contribution >= 4 is 28.8 Å². The molecule has 0 radical (unpaired) electrons. The summed E-state index contributed by atoms with van der Waals surface area (Å²) in [5, 5.41) is 11.4. The molecule has 0 unspecified atom stereocenters. The van der Waals surface area contributed by atoms with Gasteiger partial charge in [0.2, 0.25) is 0 Å². The van der Waals surface area contributed by atoms with Gasteiger partial charge in [0.25, 0.3) is 11.6 Å². The molecule has 2 aromatic carbocycles. The largest absolute Gasteiger partial charge is 0.334 e. The van der Waals surface area contributed by atoms with E-state index in [-0.39, 0.29) is 22.2 Å². The highest BCUT2D eigenvalue weighted by molar-refractivity contribution is 6.31. The van der Waals surface area contributed by atoms with E-state index in [1.54, 1.807) is 4.90 Å². The number of hydrogen-bond donors (Lipinski definition) is 0. The van der Waals surface area contributed by atoms with Crippen LogP contribution in [0.4, 0.5) is 5.69 Å². The summed E-state index contributed by atoms with van der Waals surface area (Å²) in [6.45, 7) is 0.960. The van der Waals surface area contributed by atoms with Crippen LogP contribution in [0.25, 0.3) is 5.57 Å². The highest BCUT2D eigenvalue weighted by Crippen LogP contribution is 2.27. The molecule has 1 aliphatic heterocycles. The molecule has 0 spiro atoms. The fraction of sp³-hybridized carbons (Fsp3) is 0.167. The molecule has 5 nitrogen and oxygen atoms in total. The first-order valence-electron chi connectivity index (χ1n) is 7.54. The summed E-state index contributed by atoms with van der Waals surface area (Å²) in [4.78, 5) is 24.8. The molecule has 0 aromatic heterocycles. The minimum Gasteiger partial charge on any atom is -0.334 e. The van der Waals surface area contributed by atoms with E-state index in [0.29, 0.717) is 13.1 Å². The van der Waals surface area contributed by atoms with E-state index < -0.39 is 4.92 Å². The van der Waals surface area contributed by atoms with Crippen LogP contribution >= 0.6 is 11.6 Å². The van der Waals surface area contributed by atoms with Crippen molar-refractivity contribution in [3.8, 4) is 0 Å². The Kier molecular flexibility index (Phi) is 4.62. The van der Waals surface area contributed by atoms with E-state index in [1.165, 1.54) is 23.8 Å². The molecule has 122 valence electrons. The van der Waals surface area contributed by atoms with Crippen molar-refractivity contribution in [3.63, 3.8) is 0 Å². The van der Waals surface area contributed by atoms with E-state index in [0.717, 1.165) is 12.0 Å². The molecule has 0 atom stereocenters. The van der Waals surface area contributed by atoms with Crippen LogP contribution < -0.4 is 0 Å². The summed E-state index contributed by atoms with van der Waals surface area (Å²) >= 11 is 5.80. The molecule has 3 rings (SSSR count). The first kappa shape index (κ1) is 16.2. The number of hydrogen-bond acceptors (Lipinski definition) is 3. The van der Waals surface area contributed by atoms with Gasteiger partial charge in [-0.15, -0.1) is 0 Å². The second-order valence-electron chi connectivity index (χ2n) is 5.52. The number of nitro benzene ring substituents is 1. The van der Waals surface area contributed by atoms with Crippen molar-refractivity contribution in [1.29, 1.82) is 0 Å². The van der Waals surface area contributed by atoms with E-state index in [9.17, 15) is 14.9 Å². The van der Waals surface area contributed by atoms with E-state index in [2.05, 4.69) is 0 Å². The second kappa shape index (κ2) is 6.84. The molecule has 0 bridgehead atoms. The Bertz CT molecular complexity index is 818. The summed E-state index contributed by atoms with van der Waals surface area (Å²) in [6, 6.07) is 14.1. The van der Waals surface area contributed by atoms with Crippen molar-refractivity contribution in [2.45, 2.75) is 6.42 Å². The van der Waals surface area contributed by atoms with E-state index in [4.69, 9.17) is 11.6 Å². The minimum absolute atomic E-state index is 0.0703. The lowest BCUT2D eigenvalue weighted by atomic mass is 9.99. The lowest BCUT2D eigenvalue weighted by molar-refractivity contribution is -0.385. The number of carbonyl (C=O) groups excluding carboxylic acids is 1. The zero-order valence-corrected chi connectivity index (χ0v) is 13.6. The molecular weight excluding hydrogens is 328 g/mol. The summed E-state index contributed by atoms with van der Waals surface area (Å²) < 4.78 is 0. The third kappa shape index (κ3) is 3.31. The number of benzene rings is 2. The maximum atomic E-state index is 12.6. The van der Waals surface area contributed by atoms with Crippen molar-refractivity contribution in [2.24, 2.45) is 0 Å². The summed E-state index contributed by atoms with van der Waals surface area (Å²) in [7, 11) is 0. The van der Waals surface area contributed by atoms with Crippen molar-refractivity contribution in [2.75, 3.05) is 13.1 Å². The third-order valence-corrected chi connectivity index (χ3v) is 4.26. The first-order chi connectivity index (χ1) is 11.6. The fourth-order valence-corrected chi connectivity index (χ4v) is 2.94. The topological polar surface area (TPSA) is 63.4 Å². The molecule has 0 aliphatic carbocycles. The van der Waals surface area contributed by atoms with Crippen LogP contribution in [0.3, 0.4) is 0 Å². The van der Waals surface area contributed by atoms with E-state index >= 15 is 0 Å². The van der Waals surface area contributed by atoms with Crippen molar-refractivity contribution < 1.29 is 9.72 Å². The number of nitro groups is 1. The Morgan fingerprint density at radius 1 is 1.17 bits per heavy atom. The molecule has 0 fully saturated rings. The smallest absolute Gasteiger partial charge is 0.283 e. The van der Waals surface area contributed by atoms with Crippen LogP contribution in [0.5, 0.6) is 0 Å². The maximum Gasteiger partial charge on any atom is 0.283 e. The predicted molar refractivity (Wildman–Crippen MR) is 93.0 cm³/mol. The number of rotatable bonds is 3. The van der Waals surface area contributed by atoms with Gasteiger partial charge < -0.3 is 4.90 Å².